The molecule has 278 valence electrons. The van der Waals surface area contributed by atoms with E-state index in [0.29, 0.717) is 6.07 Å². The molecule has 0 unspecified atom stereocenters. The van der Waals surface area contributed by atoms with Gasteiger partial charge < -0.3 is 39.3 Å². The summed E-state index contributed by atoms with van der Waals surface area (Å²) in [5.74, 6) is -3.36. The number of carbonyl (C=O) groups excluding carboxylic acids is 1. The molecule has 0 atom stereocenters. The quantitative estimate of drug-likeness (QED) is 0.0629. The number of aromatic nitrogens is 5. The van der Waals surface area contributed by atoms with E-state index in [9.17, 15) is 53.9 Å². The van der Waals surface area contributed by atoms with E-state index < -0.39 is 84.4 Å². The molecule has 2 heterocycles. The topological polar surface area (TPSA) is 337 Å². The molecule has 0 spiro atoms. The molecule has 0 radical (unpaired) electrons. The number of carbonyl (C=O) groups is 1. The average molecular weight is 939 g/mol. The van der Waals surface area contributed by atoms with Crippen molar-refractivity contribution < 1.29 is 172 Å². The molecule has 0 saturated carbocycles. The van der Waals surface area contributed by atoms with Crippen LogP contribution in [0.5, 0.6) is 5.88 Å². The fourth-order valence-electron chi connectivity index (χ4n) is 4.32. The number of carboxylic acid groups (broad SMARTS) is 1. The number of hydrogen-bond acceptors (Lipinski definition) is 20. The second kappa shape index (κ2) is 21.2. The predicted octanol–water partition coefficient (Wildman–Crippen LogP) is -8.97. The smallest absolute Gasteiger partial charge is 0.744 e. The summed E-state index contributed by atoms with van der Waals surface area (Å²) in [6.45, 7) is 1.34. The number of azo groups is 1. The molecule has 31 heteroatoms. The van der Waals surface area contributed by atoms with Crippen LogP contribution in [0.3, 0.4) is 0 Å². The number of hydrogen-bond donors (Lipinski definition) is 3. The summed E-state index contributed by atoms with van der Waals surface area (Å²) < 4.78 is 105. The van der Waals surface area contributed by atoms with Gasteiger partial charge in [-0.2, -0.15) is 24.7 Å². The van der Waals surface area contributed by atoms with Gasteiger partial charge in [-0.25, -0.2) is 25.3 Å². The second-order valence-electron chi connectivity index (χ2n) is 10.1. The molecule has 0 bridgehead atoms. The van der Waals surface area contributed by atoms with Gasteiger partial charge in [-0.05, 0) is 67.1 Å². The monoisotopic (exact) mass is 937 g/mol. The van der Waals surface area contributed by atoms with E-state index in [1.807, 2.05) is 0 Å². The number of aromatic carboxylic acids is 1. The molecule has 0 aliphatic carbocycles. The zero-order chi connectivity index (χ0) is 39.2. The Kier molecular flexibility index (Phi) is 20.0. The van der Waals surface area contributed by atoms with Crippen molar-refractivity contribution in [3.8, 4) is 11.6 Å². The number of benzene rings is 3. The zero-order valence-electron chi connectivity index (χ0n) is 29.5. The molecule has 0 aliphatic heterocycles. The number of rotatable bonds is 11. The standard InChI is InChI=1S/C26H18Cl3N9O12S3.4Na/c1-10-21(22(39)38(37-10)18-8-15(28)20(9-14(18)27)53(48,49)50)36-35-17-6-11(2-5-19(17)52(45,46)47)30-25-32-24(29)33-26(34-25)31-16-4-3-12(51(42,43)44)7-13(16)23(40)41;;;;/h2-9,39H,1H3,(H,40,41)(H,42,43,44)(H,45,46,47)(H,48,49,50)(H2,30,31,32,33,34);;;;/q;4*+1/p-4. The Morgan fingerprint density at radius 3 is 1.91 bits per heavy atom. The normalized spacial score (nSPS) is 11.4. The van der Waals surface area contributed by atoms with Gasteiger partial charge in [0.05, 0.1) is 47.8 Å². The van der Waals surface area contributed by atoms with Gasteiger partial charge in [-0.1, -0.05) is 23.2 Å². The van der Waals surface area contributed by atoms with E-state index in [2.05, 4.69) is 40.9 Å². The van der Waals surface area contributed by atoms with E-state index >= 15 is 0 Å². The molecule has 0 aliphatic rings. The van der Waals surface area contributed by atoms with Crippen LogP contribution in [-0.4, -0.2) is 74.7 Å². The molecule has 3 N–H and O–H groups in total. The molecule has 57 heavy (non-hydrogen) atoms. The predicted molar refractivity (Wildman–Crippen MR) is 177 cm³/mol. The number of nitrogens with one attached hydrogen (secondary N) is 2. The van der Waals surface area contributed by atoms with Gasteiger partial charge in [-0.15, -0.1) is 10.2 Å². The van der Waals surface area contributed by atoms with E-state index in [4.69, 9.17) is 34.8 Å². The Hall–Kier alpha value is -1.05. The molecular weight excluding hydrogens is 925 g/mol. The van der Waals surface area contributed by atoms with Crippen LogP contribution in [0.15, 0.2) is 73.4 Å². The third-order valence-corrected chi connectivity index (χ3v) is 10.1. The minimum absolute atomic E-state index is 0. The second-order valence-corrected chi connectivity index (χ2v) is 15.4. The van der Waals surface area contributed by atoms with Crippen LogP contribution in [0.25, 0.3) is 5.69 Å². The maximum absolute atomic E-state index is 12.0. The Labute approximate surface area is 425 Å². The van der Waals surface area contributed by atoms with Crippen molar-refractivity contribution in [1.82, 2.24) is 24.7 Å². The fourth-order valence-corrected chi connectivity index (χ4v) is 6.88. The third-order valence-electron chi connectivity index (χ3n) is 6.60. The van der Waals surface area contributed by atoms with Crippen molar-refractivity contribution >= 4 is 106 Å². The van der Waals surface area contributed by atoms with Crippen molar-refractivity contribution in [1.29, 1.82) is 0 Å². The van der Waals surface area contributed by atoms with E-state index in [1.54, 1.807) is 0 Å². The van der Waals surface area contributed by atoms with Crippen molar-refractivity contribution in [3.63, 3.8) is 0 Å². The first-order valence-corrected chi connectivity index (χ1v) is 18.9. The van der Waals surface area contributed by atoms with Gasteiger partial charge in [0, 0.05) is 11.3 Å². The van der Waals surface area contributed by atoms with Crippen molar-refractivity contribution in [2.75, 3.05) is 10.6 Å². The fraction of sp³-hybridized carbons (Fsp3) is 0.0385. The third kappa shape index (κ3) is 13.2. The number of anilines is 4. The first-order valence-electron chi connectivity index (χ1n) is 13.6. The summed E-state index contributed by atoms with van der Waals surface area (Å²) in [5, 5.41) is 37.9. The number of carboxylic acids is 1. The molecule has 3 aromatic carbocycles. The Bertz CT molecular complexity index is 2730. The van der Waals surface area contributed by atoms with Gasteiger partial charge in [0.1, 0.15) is 36.0 Å². The van der Waals surface area contributed by atoms with Gasteiger partial charge >= 0.3 is 118 Å². The first kappa shape index (κ1) is 54.0. The van der Waals surface area contributed by atoms with E-state index in [-0.39, 0.29) is 158 Å². The van der Waals surface area contributed by atoms with Gasteiger partial charge in [0.2, 0.25) is 23.1 Å². The molecule has 5 aromatic rings. The summed E-state index contributed by atoms with van der Waals surface area (Å²) >= 11 is 18.0. The van der Waals surface area contributed by atoms with Gasteiger partial charge in [-0.3, -0.25) is 0 Å². The molecule has 0 amide bonds. The molecule has 5 rings (SSSR count). The number of aryl methyl sites for hydroxylation is 1. The van der Waals surface area contributed by atoms with Crippen LogP contribution >= 0.6 is 34.8 Å². The first-order chi connectivity index (χ1) is 24.5. The molecule has 0 saturated heterocycles. The summed E-state index contributed by atoms with van der Waals surface area (Å²) in [4.78, 5) is 20.7. The summed E-state index contributed by atoms with van der Waals surface area (Å²) in [6, 6.07) is 6.95. The van der Waals surface area contributed by atoms with E-state index in [1.165, 1.54) is 6.92 Å². The van der Waals surface area contributed by atoms with Crippen LogP contribution in [0, 0.1) is 6.92 Å². The van der Waals surface area contributed by atoms with Crippen molar-refractivity contribution in [2.24, 2.45) is 10.2 Å². The minimum atomic E-state index is -5.19. The largest absolute Gasteiger partial charge is 1.00 e. The van der Waals surface area contributed by atoms with E-state index in [0.717, 1.165) is 47.1 Å². The molecular formula is C26H14Cl3N9Na4O12S3. The number of nitrogens with zero attached hydrogens (tertiary/aromatic N) is 7. The molecule has 0 fully saturated rings. The van der Waals surface area contributed by atoms with Crippen LogP contribution < -0.4 is 134 Å². The zero-order valence-corrected chi connectivity index (χ0v) is 42.3. The summed E-state index contributed by atoms with van der Waals surface area (Å²) in [5.41, 5.74) is -2.26. The van der Waals surface area contributed by atoms with Crippen LogP contribution in [-0.2, 0) is 30.4 Å². The van der Waals surface area contributed by atoms with Crippen LogP contribution in [0.2, 0.25) is 15.3 Å². The average Bonchev–Trinajstić information content (AvgIpc) is 3.31. The minimum Gasteiger partial charge on any atom is -0.744 e. The number of aromatic hydroxyl groups is 1. The maximum atomic E-state index is 12.0. The Morgan fingerprint density at radius 2 is 1.35 bits per heavy atom. The number of halogens is 3. The summed E-state index contributed by atoms with van der Waals surface area (Å²) in [6.07, 6.45) is 0. The van der Waals surface area contributed by atoms with Crippen molar-refractivity contribution in [2.45, 2.75) is 21.6 Å². The Balaban J connectivity index is 0.00000406. The molecule has 2 aromatic heterocycles. The van der Waals surface area contributed by atoms with Crippen LogP contribution in [0.1, 0.15) is 16.1 Å². The Morgan fingerprint density at radius 1 is 0.754 bits per heavy atom. The van der Waals surface area contributed by atoms with Crippen LogP contribution in [0.4, 0.5) is 34.6 Å². The summed E-state index contributed by atoms with van der Waals surface area (Å²) in [7, 11) is -15.2. The molecule has 21 nitrogen and oxygen atoms in total. The van der Waals surface area contributed by atoms with Crippen molar-refractivity contribution in [3.05, 3.63) is 75.1 Å². The SMILES string of the molecule is Cc1nn(-c2cc(Cl)c(S(=O)(=O)[O-])cc2Cl)c(O)c1N=Nc1cc(Nc2nc(Cl)nc(Nc3ccc(S(=O)(=O)[O-])cc3C(=O)[O-])n2)ccc1S(=O)(=O)[O-].[Na+].[Na+].[Na+].[Na+]. The van der Waals surface area contributed by atoms with Gasteiger partial charge in [0.15, 0.2) is 5.69 Å². The maximum Gasteiger partial charge on any atom is 1.00 e. The van der Waals surface area contributed by atoms with Gasteiger partial charge in [0.25, 0.3) is 0 Å².